The monoisotopic (exact) mass is 493 g/mol. The number of H-pyrrole nitrogens is 1. The average Bonchev–Trinajstić information content (AvgIpc) is 3.32. The van der Waals surface area contributed by atoms with Crippen molar-refractivity contribution in [2.75, 3.05) is 5.32 Å². The molecule has 0 saturated carbocycles. The predicted molar refractivity (Wildman–Crippen MR) is 131 cm³/mol. The standard InChI is InChI=1S/C26H25F2N5O3/c1-26(2,3)36-25(35)32-21(24-19(27)5-4-6-20(24)28)11-23(34)33-22-10-17-9-15(18-13-30-31-14-18)7-8-16(17)12-29-22/h4-10,12-14,21H,11H2,1-3H3,(H,30,31)(H,32,35)(H,29,33,34). The van der Waals surface area contributed by atoms with E-state index in [0.29, 0.717) is 0 Å². The Bertz CT molecular complexity index is 1380. The number of ether oxygens (including phenoxy) is 1. The van der Waals surface area contributed by atoms with Crippen LogP contribution in [0.15, 0.2) is 61.1 Å². The van der Waals surface area contributed by atoms with E-state index >= 15 is 0 Å². The topological polar surface area (TPSA) is 109 Å². The van der Waals surface area contributed by atoms with Crippen molar-refractivity contribution in [3.05, 3.63) is 78.3 Å². The molecule has 4 rings (SSSR count). The number of benzene rings is 2. The lowest BCUT2D eigenvalue weighted by Crippen LogP contribution is -2.37. The van der Waals surface area contributed by atoms with Gasteiger partial charge in [-0.05, 0) is 56.0 Å². The van der Waals surface area contributed by atoms with Gasteiger partial charge in [-0.2, -0.15) is 5.10 Å². The summed E-state index contributed by atoms with van der Waals surface area (Å²) < 4.78 is 34.2. The number of pyridine rings is 1. The zero-order valence-corrected chi connectivity index (χ0v) is 19.9. The molecule has 2 heterocycles. The van der Waals surface area contributed by atoms with Crippen LogP contribution in [0, 0.1) is 11.6 Å². The van der Waals surface area contributed by atoms with Crippen LogP contribution in [0.5, 0.6) is 0 Å². The van der Waals surface area contributed by atoms with Crippen molar-refractivity contribution in [3.63, 3.8) is 0 Å². The summed E-state index contributed by atoms with van der Waals surface area (Å²) in [7, 11) is 0. The Morgan fingerprint density at radius 1 is 1.03 bits per heavy atom. The molecular weight excluding hydrogens is 468 g/mol. The molecular formula is C26H25F2N5O3. The number of aromatic amines is 1. The molecule has 0 aliphatic heterocycles. The van der Waals surface area contributed by atoms with Crippen LogP contribution < -0.4 is 10.6 Å². The summed E-state index contributed by atoms with van der Waals surface area (Å²) in [4.78, 5) is 29.5. The van der Waals surface area contributed by atoms with Crippen molar-refractivity contribution >= 4 is 28.6 Å². The van der Waals surface area contributed by atoms with Crippen molar-refractivity contribution in [1.29, 1.82) is 0 Å². The first-order chi connectivity index (χ1) is 17.1. The molecule has 186 valence electrons. The maximum atomic E-state index is 14.5. The molecule has 2 amide bonds. The minimum absolute atomic E-state index is 0.252. The van der Waals surface area contributed by atoms with Crippen LogP contribution >= 0.6 is 0 Å². The van der Waals surface area contributed by atoms with Crippen molar-refractivity contribution in [2.45, 2.75) is 38.8 Å². The first kappa shape index (κ1) is 24.8. The number of hydrogen-bond acceptors (Lipinski definition) is 5. The van der Waals surface area contributed by atoms with E-state index in [-0.39, 0.29) is 5.82 Å². The van der Waals surface area contributed by atoms with Gasteiger partial charge in [0.05, 0.1) is 18.7 Å². The Balaban J connectivity index is 1.55. The number of aromatic nitrogens is 3. The van der Waals surface area contributed by atoms with E-state index in [1.165, 1.54) is 6.07 Å². The maximum Gasteiger partial charge on any atom is 0.408 e. The number of nitrogens with one attached hydrogen (secondary N) is 3. The summed E-state index contributed by atoms with van der Waals surface area (Å²) in [5.41, 5.74) is 0.558. The third-order valence-corrected chi connectivity index (χ3v) is 5.25. The number of carbonyl (C=O) groups excluding carboxylic acids is 2. The molecule has 0 radical (unpaired) electrons. The molecule has 0 aliphatic carbocycles. The molecule has 0 aliphatic rings. The van der Waals surface area contributed by atoms with E-state index in [1.54, 1.807) is 45.4 Å². The molecule has 0 fully saturated rings. The summed E-state index contributed by atoms with van der Waals surface area (Å²) in [6.45, 7) is 4.96. The fraction of sp³-hybridized carbons (Fsp3) is 0.231. The van der Waals surface area contributed by atoms with Gasteiger partial charge < -0.3 is 15.4 Å². The number of hydrogen-bond donors (Lipinski definition) is 3. The third-order valence-electron chi connectivity index (χ3n) is 5.25. The minimum atomic E-state index is -1.31. The highest BCUT2D eigenvalue weighted by Gasteiger charge is 2.27. The molecule has 3 N–H and O–H groups in total. The molecule has 1 unspecified atom stereocenters. The maximum absolute atomic E-state index is 14.5. The van der Waals surface area contributed by atoms with Gasteiger partial charge in [0.25, 0.3) is 0 Å². The second kappa shape index (κ2) is 10.1. The largest absolute Gasteiger partial charge is 0.444 e. The zero-order chi connectivity index (χ0) is 25.9. The first-order valence-corrected chi connectivity index (χ1v) is 11.2. The molecule has 36 heavy (non-hydrogen) atoms. The van der Waals surface area contributed by atoms with Gasteiger partial charge in [-0.3, -0.25) is 9.89 Å². The normalized spacial score (nSPS) is 12.2. The molecule has 10 heteroatoms. The van der Waals surface area contributed by atoms with Crippen LogP contribution in [0.25, 0.3) is 21.9 Å². The summed E-state index contributed by atoms with van der Waals surface area (Å²) in [6, 6.07) is 9.46. The number of anilines is 1. The lowest BCUT2D eigenvalue weighted by atomic mass is 10.0. The van der Waals surface area contributed by atoms with Gasteiger partial charge in [-0.1, -0.05) is 18.2 Å². The van der Waals surface area contributed by atoms with E-state index in [2.05, 4.69) is 25.8 Å². The smallest absolute Gasteiger partial charge is 0.408 e. The Kier molecular flexibility index (Phi) is 6.96. The average molecular weight is 494 g/mol. The van der Waals surface area contributed by atoms with Crippen molar-refractivity contribution in [1.82, 2.24) is 20.5 Å². The lowest BCUT2D eigenvalue weighted by Gasteiger charge is -2.24. The highest BCUT2D eigenvalue weighted by molar-refractivity contribution is 5.94. The second-order valence-corrected chi connectivity index (χ2v) is 9.20. The molecule has 1 atom stereocenters. The third kappa shape index (κ3) is 6.01. The molecule has 0 bridgehead atoms. The fourth-order valence-electron chi connectivity index (χ4n) is 3.70. The number of halogens is 2. The molecule has 0 saturated heterocycles. The summed E-state index contributed by atoms with van der Waals surface area (Å²) in [5.74, 6) is -2.13. The number of alkyl carbamates (subject to hydrolysis) is 1. The van der Waals surface area contributed by atoms with Gasteiger partial charge in [0.2, 0.25) is 5.91 Å². The van der Waals surface area contributed by atoms with Gasteiger partial charge in [0.15, 0.2) is 0 Å². The van der Waals surface area contributed by atoms with Crippen LogP contribution in [0.1, 0.15) is 38.8 Å². The van der Waals surface area contributed by atoms with Gasteiger partial charge in [-0.25, -0.2) is 18.6 Å². The van der Waals surface area contributed by atoms with Gasteiger partial charge in [-0.15, -0.1) is 0 Å². The van der Waals surface area contributed by atoms with Crippen molar-refractivity contribution in [2.24, 2.45) is 0 Å². The molecule has 8 nitrogen and oxygen atoms in total. The van der Waals surface area contributed by atoms with Crippen LogP contribution in [0.3, 0.4) is 0 Å². The number of carbonyl (C=O) groups is 2. The van der Waals surface area contributed by atoms with Gasteiger partial charge in [0, 0.05) is 28.9 Å². The summed E-state index contributed by atoms with van der Waals surface area (Å²) >= 11 is 0. The Hall–Kier alpha value is -4.34. The Labute approximate surface area is 206 Å². The molecule has 2 aromatic heterocycles. The summed E-state index contributed by atoms with van der Waals surface area (Å²) in [6.07, 6.45) is 3.72. The Morgan fingerprint density at radius 3 is 2.44 bits per heavy atom. The number of rotatable bonds is 6. The second-order valence-electron chi connectivity index (χ2n) is 9.20. The number of nitrogens with zero attached hydrogens (tertiary/aromatic N) is 2. The number of amides is 2. The number of fused-ring (bicyclic) bond motifs is 1. The fourth-order valence-corrected chi connectivity index (χ4v) is 3.70. The quantitative estimate of drug-likeness (QED) is 0.329. The lowest BCUT2D eigenvalue weighted by molar-refractivity contribution is -0.116. The van der Waals surface area contributed by atoms with E-state index in [4.69, 9.17) is 4.74 Å². The van der Waals surface area contributed by atoms with E-state index in [0.717, 1.165) is 34.0 Å². The van der Waals surface area contributed by atoms with Crippen molar-refractivity contribution in [3.8, 4) is 11.1 Å². The van der Waals surface area contributed by atoms with E-state index in [1.807, 2.05) is 18.2 Å². The minimum Gasteiger partial charge on any atom is -0.444 e. The summed E-state index contributed by atoms with van der Waals surface area (Å²) in [5, 5.41) is 13.5. The highest BCUT2D eigenvalue weighted by atomic mass is 19.1. The van der Waals surface area contributed by atoms with E-state index in [9.17, 15) is 18.4 Å². The van der Waals surface area contributed by atoms with Crippen LogP contribution in [0.2, 0.25) is 0 Å². The van der Waals surface area contributed by atoms with Gasteiger partial charge in [0.1, 0.15) is 23.1 Å². The highest BCUT2D eigenvalue weighted by Crippen LogP contribution is 2.27. The van der Waals surface area contributed by atoms with Crippen LogP contribution in [-0.4, -0.2) is 32.8 Å². The van der Waals surface area contributed by atoms with Crippen LogP contribution in [0.4, 0.5) is 19.4 Å². The van der Waals surface area contributed by atoms with Gasteiger partial charge >= 0.3 is 6.09 Å². The molecule has 2 aromatic carbocycles. The Morgan fingerprint density at radius 2 is 1.78 bits per heavy atom. The van der Waals surface area contributed by atoms with Crippen LogP contribution in [-0.2, 0) is 9.53 Å². The zero-order valence-electron chi connectivity index (χ0n) is 19.9. The van der Waals surface area contributed by atoms with Crippen molar-refractivity contribution < 1.29 is 23.1 Å². The SMILES string of the molecule is CC(C)(C)OC(=O)NC(CC(=O)Nc1cc2cc(-c3cn[nH]c3)ccc2cn1)c1c(F)cccc1F. The molecule has 4 aromatic rings. The predicted octanol–water partition coefficient (Wildman–Crippen LogP) is 5.50. The first-order valence-electron chi connectivity index (χ1n) is 11.2. The molecule has 0 spiro atoms. The van der Waals surface area contributed by atoms with E-state index < -0.39 is 47.3 Å².